The zero-order valence-corrected chi connectivity index (χ0v) is 13.2. The van der Waals surface area contributed by atoms with Crippen molar-refractivity contribution in [2.75, 3.05) is 13.6 Å². The quantitative estimate of drug-likeness (QED) is 0.350. The molecule has 0 atom stereocenters. The molecule has 3 nitrogen and oxygen atoms in total. The molecule has 3 heteroatoms. The number of aromatic nitrogens is 2. The maximum atomic E-state index is 4.94. The number of benzene rings is 2. The van der Waals surface area contributed by atoms with Crippen molar-refractivity contribution in [2.45, 2.75) is 12.8 Å². The number of hydrogen-bond donors (Lipinski definition) is 1. The van der Waals surface area contributed by atoms with E-state index in [1.165, 1.54) is 16.3 Å². The predicted molar refractivity (Wildman–Crippen MR) is 96.8 cm³/mol. The summed E-state index contributed by atoms with van der Waals surface area (Å²) in [5.41, 5.74) is 4.49. The number of rotatable bonds is 4. The van der Waals surface area contributed by atoms with Crippen molar-refractivity contribution in [1.29, 1.82) is 0 Å². The summed E-state index contributed by atoms with van der Waals surface area (Å²) in [7, 11) is 2.00. The van der Waals surface area contributed by atoms with Gasteiger partial charge in [0.25, 0.3) is 0 Å². The van der Waals surface area contributed by atoms with E-state index in [9.17, 15) is 0 Å². The number of nitrogens with zero attached hydrogens (tertiary/aromatic N) is 2. The fourth-order valence-corrected chi connectivity index (χ4v) is 3.27. The van der Waals surface area contributed by atoms with E-state index in [1.54, 1.807) is 0 Å². The Kier molecular flexibility index (Phi) is 3.64. The minimum Gasteiger partial charge on any atom is -0.320 e. The Morgan fingerprint density at radius 1 is 0.870 bits per heavy atom. The van der Waals surface area contributed by atoms with Crippen LogP contribution in [0, 0.1) is 0 Å². The summed E-state index contributed by atoms with van der Waals surface area (Å²) in [6, 6.07) is 16.7. The van der Waals surface area contributed by atoms with Gasteiger partial charge in [0.15, 0.2) is 0 Å². The molecule has 0 saturated heterocycles. The molecule has 0 aliphatic rings. The van der Waals surface area contributed by atoms with Crippen molar-refractivity contribution in [3.8, 4) is 0 Å². The van der Waals surface area contributed by atoms with Crippen LogP contribution in [0.25, 0.3) is 32.7 Å². The number of para-hydroxylation sites is 2. The summed E-state index contributed by atoms with van der Waals surface area (Å²) < 4.78 is 0. The Bertz CT molecular complexity index is 992. The van der Waals surface area contributed by atoms with Crippen molar-refractivity contribution in [3.63, 3.8) is 0 Å². The van der Waals surface area contributed by atoms with E-state index in [4.69, 9.17) is 4.98 Å². The molecule has 4 rings (SSSR count). The summed E-state index contributed by atoms with van der Waals surface area (Å²) in [6.07, 6.45) is 4.12. The van der Waals surface area contributed by atoms with Crippen molar-refractivity contribution in [1.82, 2.24) is 15.3 Å². The van der Waals surface area contributed by atoms with Crippen LogP contribution in [0.1, 0.15) is 12.0 Å². The normalized spacial score (nSPS) is 11.5. The van der Waals surface area contributed by atoms with Crippen LogP contribution in [0.5, 0.6) is 0 Å². The fraction of sp³-hybridized carbons (Fsp3) is 0.200. The SMILES string of the molecule is CNCCCc1c2ccccc2nc2c1cnc1ccccc12. The van der Waals surface area contributed by atoms with E-state index in [-0.39, 0.29) is 0 Å². The molecule has 0 bridgehead atoms. The Morgan fingerprint density at radius 3 is 2.43 bits per heavy atom. The monoisotopic (exact) mass is 301 g/mol. The molecule has 0 radical (unpaired) electrons. The Hall–Kier alpha value is -2.52. The van der Waals surface area contributed by atoms with Crippen LogP contribution in [0.2, 0.25) is 0 Å². The second kappa shape index (κ2) is 5.94. The third-order valence-corrected chi connectivity index (χ3v) is 4.39. The molecule has 0 spiro atoms. The molecule has 1 N–H and O–H groups in total. The molecule has 0 aliphatic carbocycles. The molecular formula is C20H19N3. The lowest BCUT2D eigenvalue weighted by molar-refractivity contribution is 0.728. The minimum absolute atomic E-state index is 1.00. The van der Waals surface area contributed by atoms with Crippen LogP contribution in [0.4, 0.5) is 0 Å². The number of fused-ring (bicyclic) bond motifs is 4. The van der Waals surface area contributed by atoms with E-state index < -0.39 is 0 Å². The summed E-state index contributed by atoms with van der Waals surface area (Å²) >= 11 is 0. The summed E-state index contributed by atoms with van der Waals surface area (Å²) in [4.78, 5) is 9.59. The Labute approximate surface area is 135 Å². The summed E-state index contributed by atoms with van der Waals surface area (Å²) in [6.45, 7) is 1.01. The first-order valence-corrected chi connectivity index (χ1v) is 8.08. The van der Waals surface area contributed by atoms with Crippen molar-refractivity contribution < 1.29 is 0 Å². The Balaban J connectivity index is 2.06. The van der Waals surface area contributed by atoms with Gasteiger partial charge in [-0.05, 0) is 44.1 Å². The maximum Gasteiger partial charge on any atom is 0.0821 e. The van der Waals surface area contributed by atoms with E-state index in [1.807, 2.05) is 25.4 Å². The highest BCUT2D eigenvalue weighted by Gasteiger charge is 2.11. The first-order chi connectivity index (χ1) is 11.4. The molecule has 0 fully saturated rings. The third kappa shape index (κ3) is 2.43. The molecule has 2 aromatic heterocycles. The average molecular weight is 301 g/mol. The van der Waals surface area contributed by atoms with Gasteiger partial charge < -0.3 is 5.32 Å². The van der Waals surface area contributed by atoms with Crippen LogP contribution in [0.15, 0.2) is 54.7 Å². The molecule has 0 aliphatic heterocycles. The van der Waals surface area contributed by atoms with Crippen LogP contribution < -0.4 is 5.32 Å². The van der Waals surface area contributed by atoms with Gasteiger partial charge in [0.1, 0.15) is 0 Å². The van der Waals surface area contributed by atoms with Gasteiger partial charge in [0, 0.05) is 22.4 Å². The van der Waals surface area contributed by atoms with E-state index >= 15 is 0 Å². The summed E-state index contributed by atoms with van der Waals surface area (Å²) in [5, 5.41) is 6.79. The fourth-order valence-electron chi connectivity index (χ4n) is 3.27. The highest BCUT2D eigenvalue weighted by molar-refractivity contribution is 6.08. The van der Waals surface area contributed by atoms with Gasteiger partial charge in [-0.1, -0.05) is 36.4 Å². The van der Waals surface area contributed by atoms with Crippen molar-refractivity contribution in [3.05, 3.63) is 60.3 Å². The maximum absolute atomic E-state index is 4.94. The highest BCUT2D eigenvalue weighted by atomic mass is 14.8. The van der Waals surface area contributed by atoms with Gasteiger partial charge in [0.05, 0.1) is 16.6 Å². The van der Waals surface area contributed by atoms with Gasteiger partial charge in [0.2, 0.25) is 0 Å². The predicted octanol–water partition coefficient (Wildman–Crippen LogP) is 4.09. The van der Waals surface area contributed by atoms with E-state index in [2.05, 4.69) is 46.7 Å². The van der Waals surface area contributed by atoms with E-state index in [0.717, 1.165) is 41.3 Å². The third-order valence-electron chi connectivity index (χ3n) is 4.39. The van der Waals surface area contributed by atoms with Gasteiger partial charge in [-0.2, -0.15) is 0 Å². The van der Waals surface area contributed by atoms with Gasteiger partial charge in [-0.15, -0.1) is 0 Å². The first kappa shape index (κ1) is 14.1. The van der Waals surface area contributed by atoms with Crippen LogP contribution in [0.3, 0.4) is 0 Å². The first-order valence-electron chi connectivity index (χ1n) is 8.08. The van der Waals surface area contributed by atoms with Crippen LogP contribution in [-0.2, 0) is 6.42 Å². The molecule has 0 amide bonds. The number of pyridine rings is 2. The average Bonchev–Trinajstić information content (AvgIpc) is 2.61. The lowest BCUT2D eigenvalue weighted by atomic mass is 9.98. The molecule has 4 aromatic rings. The number of hydrogen-bond acceptors (Lipinski definition) is 3. The number of aryl methyl sites for hydroxylation is 1. The second-order valence-electron chi connectivity index (χ2n) is 5.85. The zero-order valence-electron chi connectivity index (χ0n) is 13.2. The van der Waals surface area contributed by atoms with Crippen molar-refractivity contribution >= 4 is 32.7 Å². The molecule has 0 saturated carbocycles. The Morgan fingerprint density at radius 2 is 1.61 bits per heavy atom. The summed E-state index contributed by atoms with van der Waals surface area (Å²) in [5.74, 6) is 0. The second-order valence-corrected chi connectivity index (χ2v) is 5.85. The molecule has 2 heterocycles. The zero-order chi connectivity index (χ0) is 15.6. The highest BCUT2D eigenvalue weighted by Crippen LogP contribution is 2.30. The van der Waals surface area contributed by atoms with Crippen LogP contribution in [-0.4, -0.2) is 23.6 Å². The van der Waals surface area contributed by atoms with Gasteiger partial charge >= 0.3 is 0 Å². The standard InChI is InChI=1S/C20H19N3/c1-21-12-6-9-14-15-7-2-5-11-19(15)23-20-16-8-3-4-10-18(16)22-13-17(14)20/h2-5,7-8,10-11,13,21H,6,9,12H2,1H3. The molecular weight excluding hydrogens is 282 g/mol. The van der Waals surface area contributed by atoms with Crippen LogP contribution >= 0.6 is 0 Å². The van der Waals surface area contributed by atoms with Gasteiger partial charge in [-0.3, -0.25) is 4.98 Å². The number of nitrogens with one attached hydrogen (secondary N) is 1. The largest absolute Gasteiger partial charge is 0.320 e. The molecule has 0 unspecified atom stereocenters. The smallest absolute Gasteiger partial charge is 0.0821 e. The lowest BCUT2D eigenvalue weighted by Crippen LogP contribution is -2.08. The lowest BCUT2D eigenvalue weighted by Gasteiger charge is -2.12. The van der Waals surface area contributed by atoms with E-state index in [0.29, 0.717) is 0 Å². The van der Waals surface area contributed by atoms with Gasteiger partial charge in [-0.25, -0.2) is 4.98 Å². The molecule has 23 heavy (non-hydrogen) atoms. The minimum atomic E-state index is 1.00. The topological polar surface area (TPSA) is 37.8 Å². The molecule has 2 aromatic carbocycles. The van der Waals surface area contributed by atoms with Crippen molar-refractivity contribution in [2.24, 2.45) is 0 Å². The molecule has 114 valence electrons.